The van der Waals surface area contributed by atoms with E-state index < -0.39 is 0 Å². The quantitative estimate of drug-likeness (QED) is 0.553. The van der Waals surface area contributed by atoms with Crippen LogP contribution in [0.15, 0.2) is 18.2 Å². The Morgan fingerprint density at radius 1 is 1.36 bits per heavy atom. The Labute approximate surface area is 84.9 Å². The third-order valence-corrected chi connectivity index (χ3v) is 1.69. The number of nitrogen functional groups attached to an aromatic ring is 1. The van der Waals surface area contributed by atoms with Crippen molar-refractivity contribution in [3.05, 3.63) is 29.3 Å². The fraction of sp³-hybridized carbons (Fsp3) is 0.364. The standard InChI is InChI=1S/C9H11NO2.C2H6/c1-6-5-7(9(11)12-2)3-4-8(6)10;1-2/h3-5H,10H2,1-2H3;1-2H3. The molecule has 1 rings (SSSR count). The zero-order valence-corrected chi connectivity index (χ0v) is 9.13. The largest absolute Gasteiger partial charge is 0.465 e. The van der Waals surface area contributed by atoms with Crippen LogP contribution in [0.4, 0.5) is 5.69 Å². The number of anilines is 1. The van der Waals surface area contributed by atoms with Crippen LogP contribution in [0, 0.1) is 6.92 Å². The minimum absolute atomic E-state index is 0.335. The average molecular weight is 195 g/mol. The van der Waals surface area contributed by atoms with Crippen molar-refractivity contribution in [2.45, 2.75) is 20.8 Å². The maximum atomic E-state index is 11.0. The molecule has 0 unspecified atom stereocenters. The van der Waals surface area contributed by atoms with E-state index in [-0.39, 0.29) is 5.97 Å². The second kappa shape index (κ2) is 6.02. The number of nitrogens with two attached hydrogens (primary N) is 1. The van der Waals surface area contributed by atoms with E-state index in [0.717, 1.165) is 5.56 Å². The van der Waals surface area contributed by atoms with Crippen LogP contribution in [0.1, 0.15) is 29.8 Å². The minimum Gasteiger partial charge on any atom is -0.465 e. The second-order valence-corrected chi connectivity index (χ2v) is 2.56. The van der Waals surface area contributed by atoms with Gasteiger partial charge < -0.3 is 10.5 Å². The lowest BCUT2D eigenvalue weighted by Crippen LogP contribution is -2.02. The highest BCUT2D eigenvalue weighted by Gasteiger charge is 2.05. The van der Waals surface area contributed by atoms with Gasteiger partial charge in [0.2, 0.25) is 0 Å². The lowest BCUT2D eigenvalue weighted by Gasteiger charge is -2.02. The second-order valence-electron chi connectivity index (χ2n) is 2.56. The number of methoxy groups -OCH3 is 1. The van der Waals surface area contributed by atoms with E-state index >= 15 is 0 Å². The topological polar surface area (TPSA) is 52.3 Å². The van der Waals surface area contributed by atoms with E-state index in [0.29, 0.717) is 11.3 Å². The molecule has 0 saturated heterocycles. The number of aryl methyl sites for hydroxylation is 1. The molecule has 14 heavy (non-hydrogen) atoms. The summed E-state index contributed by atoms with van der Waals surface area (Å²) in [5, 5.41) is 0. The summed E-state index contributed by atoms with van der Waals surface area (Å²) in [4.78, 5) is 11.0. The summed E-state index contributed by atoms with van der Waals surface area (Å²) in [7, 11) is 1.36. The van der Waals surface area contributed by atoms with Crippen LogP contribution in [0.25, 0.3) is 0 Å². The maximum Gasteiger partial charge on any atom is 0.337 e. The first kappa shape index (κ1) is 12.5. The summed E-state index contributed by atoms with van der Waals surface area (Å²) in [6, 6.07) is 5.05. The van der Waals surface area contributed by atoms with Crippen LogP contribution in [-0.2, 0) is 4.74 Å². The molecule has 1 aromatic carbocycles. The van der Waals surface area contributed by atoms with E-state index in [2.05, 4.69) is 4.74 Å². The Kier molecular flexibility index (Phi) is 5.37. The number of benzene rings is 1. The van der Waals surface area contributed by atoms with E-state index in [9.17, 15) is 4.79 Å². The van der Waals surface area contributed by atoms with Crippen LogP contribution in [0.3, 0.4) is 0 Å². The van der Waals surface area contributed by atoms with E-state index in [1.54, 1.807) is 18.2 Å². The summed E-state index contributed by atoms with van der Waals surface area (Å²) in [6.07, 6.45) is 0. The van der Waals surface area contributed by atoms with Gasteiger partial charge in [0.1, 0.15) is 0 Å². The molecule has 0 aliphatic carbocycles. The predicted octanol–water partition coefficient (Wildman–Crippen LogP) is 2.39. The number of carbonyl (C=O) groups is 1. The zero-order chi connectivity index (χ0) is 11.1. The minimum atomic E-state index is -0.335. The maximum absolute atomic E-state index is 11.0. The molecule has 0 amide bonds. The molecule has 1 aromatic rings. The number of ether oxygens (including phenoxy) is 1. The van der Waals surface area contributed by atoms with E-state index in [1.165, 1.54) is 7.11 Å². The van der Waals surface area contributed by atoms with Crippen LogP contribution in [0.5, 0.6) is 0 Å². The number of rotatable bonds is 1. The molecule has 0 bridgehead atoms. The highest BCUT2D eigenvalue weighted by Crippen LogP contribution is 2.12. The Morgan fingerprint density at radius 2 is 1.93 bits per heavy atom. The van der Waals surface area contributed by atoms with Crippen molar-refractivity contribution in [3.8, 4) is 0 Å². The third kappa shape index (κ3) is 3.09. The summed E-state index contributed by atoms with van der Waals surface area (Å²) in [5.74, 6) is -0.335. The Bertz CT molecular complexity index is 308. The molecule has 0 radical (unpaired) electrons. The molecule has 2 N–H and O–H groups in total. The highest BCUT2D eigenvalue weighted by atomic mass is 16.5. The molecule has 3 nitrogen and oxygen atoms in total. The van der Waals surface area contributed by atoms with Crippen LogP contribution < -0.4 is 5.73 Å². The smallest absolute Gasteiger partial charge is 0.337 e. The van der Waals surface area contributed by atoms with Crippen molar-refractivity contribution in [3.63, 3.8) is 0 Å². The molecule has 0 aliphatic heterocycles. The Balaban J connectivity index is 0.000000791. The fourth-order valence-electron chi connectivity index (χ4n) is 0.921. The van der Waals surface area contributed by atoms with Crippen molar-refractivity contribution < 1.29 is 9.53 Å². The van der Waals surface area contributed by atoms with E-state index in [4.69, 9.17) is 5.73 Å². The number of carbonyl (C=O) groups excluding carboxylic acids is 1. The highest BCUT2D eigenvalue weighted by molar-refractivity contribution is 5.90. The molecule has 0 atom stereocenters. The van der Waals surface area contributed by atoms with Crippen molar-refractivity contribution in [1.82, 2.24) is 0 Å². The van der Waals surface area contributed by atoms with Gasteiger partial charge in [-0.25, -0.2) is 4.79 Å². The molecule has 0 heterocycles. The van der Waals surface area contributed by atoms with Gasteiger partial charge >= 0.3 is 5.97 Å². The van der Waals surface area contributed by atoms with Crippen molar-refractivity contribution in [1.29, 1.82) is 0 Å². The molecule has 0 aliphatic rings. The normalized spacial score (nSPS) is 8.57. The predicted molar refractivity (Wildman–Crippen MR) is 58.3 cm³/mol. The van der Waals surface area contributed by atoms with E-state index in [1.807, 2.05) is 20.8 Å². The lowest BCUT2D eigenvalue weighted by molar-refractivity contribution is 0.0600. The molecular formula is C11H17NO2. The van der Waals surface area contributed by atoms with Gasteiger partial charge in [0.05, 0.1) is 12.7 Å². The van der Waals surface area contributed by atoms with Gasteiger partial charge in [0.25, 0.3) is 0 Å². The van der Waals surface area contributed by atoms with Gasteiger partial charge in [-0.05, 0) is 30.7 Å². The molecule has 78 valence electrons. The number of esters is 1. The summed E-state index contributed by atoms with van der Waals surface area (Å²) >= 11 is 0. The molecular weight excluding hydrogens is 178 g/mol. The van der Waals surface area contributed by atoms with Crippen molar-refractivity contribution in [2.75, 3.05) is 12.8 Å². The SMILES string of the molecule is CC.COC(=O)c1ccc(N)c(C)c1. The van der Waals surface area contributed by atoms with Crippen LogP contribution in [0.2, 0.25) is 0 Å². The van der Waals surface area contributed by atoms with Gasteiger partial charge in [0, 0.05) is 5.69 Å². The molecule has 0 aromatic heterocycles. The lowest BCUT2D eigenvalue weighted by atomic mass is 10.1. The first-order chi connectivity index (χ1) is 6.65. The summed E-state index contributed by atoms with van der Waals surface area (Å²) in [5.41, 5.74) is 7.68. The van der Waals surface area contributed by atoms with Crippen LogP contribution >= 0.6 is 0 Å². The molecule has 3 heteroatoms. The number of hydrogen-bond donors (Lipinski definition) is 1. The van der Waals surface area contributed by atoms with Crippen molar-refractivity contribution in [2.24, 2.45) is 0 Å². The molecule has 0 spiro atoms. The first-order valence-electron chi connectivity index (χ1n) is 4.59. The average Bonchev–Trinajstić information content (AvgIpc) is 2.24. The van der Waals surface area contributed by atoms with Crippen LogP contribution in [-0.4, -0.2) is 13.1 Å². The third-order valence-electron chi connectivity index (χ3n) is 1.69. The first-order valence-corrected chi connectivity index (χ1v) is 4.59. The van der Waals surface area contributed by atoms with Crippen molar-refractivity contribution >= 4 is 11.7 Å². The summed E-state index contributed by atoms with van der Waals surface area (Å²) in [6.45, 7) is 5.85. The zero-order valence-electron chi connectivity index (χ0n) is 9.13. The van der Waals surface area contributed by atoms with Gasteiger partial charge in [-0.3, -0.25) is 0 Å². The molecule has 0 fully saturated rings. The van der Waals surface area contributed by atoms with Gasteiger partial charge in [-0.1, -0.05) is 13.8 Å². The fourth-order valence-corrected chi connectivity index (χ4v) is 0.921. The van der Waals surface area contributed by atoms with Gasteiger partial charge in [-0.2, -0.15) is 0 Å². The van der Waals surface area contributed by atoms with Gasteiger partial charge in [-0.15, -0.1) is 0 Å². The number of hydrogen-bond acceptors (Lipinski definition) is 3. The van der Waals surface area contributed by atoms with Gasteiger partial charge in [0.15, 0.2) is 0 Å². The Hall–Kier alpha value is -1.51. The molecule has 0 saturated carbocycles. The summed E-state index contributed by atoms with van der Waals surface area (Å²) < 4.78 is 4.55. The monoisotopic (exact) mass is 195 g/mol. The Morgan fingerprint density at radius 3 is 2.36 bits per heavy atom.